The van der Waals surface area contributed by atoms with Gasteiger partial charge in [-0.05, 0) is 0 Å². The lowest BCUT2D eigenvalue weighted by Crippen LogP contribution is -2.28. The molecule has 0 fully saturated rings. The van der Waals surface area contributed by atoms with Crippen molar-refractivity contribution in [3.05, 3.63) is 21.6 Å². The number of hydrogen-bond acceptors (Lipinski definition) is 5. The molecule has 1 heterocycles. The number of rotatable bonds is 5. The smallest absolute Gasteiger partial charge is 0.287 e. The van der Waals surface area contributed by atoms with Gasteiger partial charge in [-0.1, -0.05) is 11.6 Å². The number of anilines is 1. The van der Waals surface area contributed by atoms with E-state index in [1.165, 1.54) is 10.9 Å². The van der Waals surface area contributed by atoms with Crippen molar-refractivity contribution < 1.29 is 4.74 Å². The predicted octanol–water partition coefficient (Wildman–Crippen LogP) is 0.432. The number of hydrazine groups is 1. The van der Waals surface area contributed by atoms with Crippen LogP contribution in [0.1, 0.15) is 0 Å². The van der Waals surface area contributed by atoms with Crippen LogP contribution in [0.2, 0.25) is 5.02 Å². The first kappa shape index (κ1) is 13.0. The molecule has 0 aliphatic carbocycles. The van der Waals surface area contributed by atoms with Crippen molar-refractivity contribution in [1.82, 2.24) is 14.8 Å². The van der Waals surface area contributed by atoms with Gasteiger partial charge < -0.3 is 10.2 Å². The number of halogens is 1. The fourth-order valence-corrected chi connectivity index (χ4v) is 1.31. The van der Waals surface area contributed by atoms with Gasteiger partial charge in [-0.3, -0.25) is 4.79 Å². The van der Waals surface area contributed by atoms with Crippen LogP contribution < -0.4 is 11.0 Å². The van der Waals surface area contributed by atoms with E-state index in [4.69, 9.17) is 16.3 Å². The standard InChI is InChI=1S/C9H15ClN4O2/c1-13(2)12-7-6-11-14(4-5-16-3)9(15)8(7)10/h6,12H,4-5H2,1-3H3. The van der Waals surface area contributed by atoms with Crippen LogP contribution in [0.25, 0.3) is 0 Å². The average Bonchev–Trinajstić information content (AvgIpc) is 2.23. The van der Waals surface area contributed by atoms with Crippen molar-refractivity contribution >= 4 is 17.3 Å². The van der Waals surface area contributed by atoms with Gasteiger partial charge in [0.2, 0.25) is 0 Å². The molecule has 0 aliphatic heterocycles. The van der Waals surface area contributed by atoms with Crippen LogP contribution in [0.15, 0.2) is 11.0 Å². The largest absolute Gasteiger partial charge is 0.383 e. The van der Waals surface area contributed by atoms with E-state index in [0.717, 1.165) is 0 Å². The van der Waals surface area contributed by atoms with E-state index < -0.39 is 0 Å². The maximum absolute atomic E-state index is 11.7. The highest BCUT2D eigenvalue weighted by molar-refractivity contribution is 6.32. The highest BCUT2D eigenvalue weighted by Crippen LogP contribution is 2.14. The molecule has 1 N–H and O–H groups in total. The van der Waals surface area contributed by atoms with E-state index in [9.17, 15) is 4.79 Å². The fraction of sp³-hybridized carbons (Fsp3) is 0.556. The van der Waals surface area contributed by atoms with Crippen molar-refractivity contribution in [3.63, 3.8) is 0 Å². The summed E-state index contributed by atoms with van der Waals surface area (Å²) < 4.78 is 6.14. The molecule has 16 heavy (non-hydrogen) atoms. The summed E-state index contributed by atoms with van der Waals surface area (Å²) in [5.74, 6) is 0. The van der Waals surface area contributed by atoms with E-state index >= 15 is 0 Å². The van der Waals surface area contributed by atoms with Crippen molar-refractivity contribution in [3.8, 4) is 0 Å². The van der Waals surface area contributed by atoms with Crippen LogP contribution in [0.4, 0.5) is 5.69 Å². The summed E-state index contributed by atoms with van der Waals surface area (Å²) in [5, 5.41) is 5.79. The Balaban J connectivity index is 2.94. The number of nitrogens with one attached hydrogen (secondary N) is 1. The second-order valence-corrected chi connectivity index (χ2v) is 3.78. The molecule has 0 spiro atoms. The highest BCUT2D eigenvalue weighted by atomic mass is 35.5. The maximum Gasteiger partial charge on any atom is 0.287 e. The SMILES string of the molecule is COCCn1ncc(NN(C)C)c(Cl)c1=O. The van der Waals surface area contributed by atoms with Gasteiger partial charge >= 0.3 is 0 Å². The second-order valence-electron chi connectivity index (χ2n) is 3.40. The molecule has 0 saturated heterocycles. The van der Waals surface area contributed by atoms with E-state index in [2.05, 4.69) is 10.5 Å². The Morgan fingerprint density at radius 3 is 2.88 bits per heavy atom. The molecule has 7 heteroatoms. The zero-order chi connectivity index (χ0) is 12.1. The Labute approximate surface area is 98.7 Å². The van der Waals surface area contributed by atoms with Crippen LogP contribution >= 0.6 is 11.6 Å². The van der Waals surface area contributed by atoms with Crippen LogP contribution in [0.5, 0.6) is 0 Å². The second kappa shape index (κ2) is 5.83. The normalized spacial score (nSPS) is 10.8. The first-order chi connectivity index (χ1) is 7.56. The third kappa shape index (κ3) is 3.19. The molecular formula is C9H15ClN4O2. The summed E-state index contributed by atoms with van der Waals surface area (Å²) in [7, 11) is 5.16. The molecule has 1 rings (SSSR count). The minimum Gasteiger partial charge on any atom is -0.383 e. The molecule has 90 valence electrons. The predicted molar refractivity (Wildman–Crippen MR) is 62.7 cm³/mol. The molecule has 0 atom stereocenters. The summed E-state index contributed by atoms with van der Waals surface area (Å²) >= 11 is 5.92. The quantitative estimate of drug-likeness (QED) is 0.764. The molecule has 0 radical (unpaired) electrons. The van der Waals surface area contributed by atoms with Crippen molar-refractivity contribution in [2.24, 2.45) is 0 Å². The molecule has 0 unspecified atom stereocenters. The third-order valence-electron chi connectivity index (χ3n) is 1.84. The lowest BCUT2D eigenvalue weighted by molar-refractivity contribution is 0.182. The molecule has 0 aromatic carbocycles. The lowest BCUT2D eigenvalue weighted by atomic mass is 10.4. The molecule has 0 saturated carbocycles. The molecule has 1 aromatic rings. The zero-order valence-corrected chi connectivity index (χ0v) is 10.3. The Morgan fingerprint density at radius 2 is 2.31 bits per heavy atom. The zero-order valence-electron chi connectivity index (χ0n) is 9.53. The number of methoxy groups -OCH3 is 1. The molecule has 6 nitrogen and oxygen atoms in total. The van der Waals surface area contributed by atoms with Gasteiger partial charge in [0.25, 0.3) is 5.56 Å². The van der Waals surface area contributed by atoms with Gasteiger partial charge in [-0.25, -0.2) is 9.69 Å². The van der Waals surface area contributed by atoms with E-state index in [1.807, 2.05) is 0 Å². The number of nitrogens with zero attached hydrogens (tertiary/aromatic N) is 3. The van der Waals surface area contributed by atoms with E-state index in [-0.39, 0.29) is 10.6 Å². The fourth-order valence-electron chi connectivity index (χ4n) is 1.12. The molecule has 1 aromatic heterocycles. The Kier molecular flexibility index (Phi) is 4.72. The first-order valence-corrected chi connectivity index (χ1v) is 5.12. The average molecular weight is 247 g/mol. The van der Waals surface area contributed by atoms with Crippen molar-refractivity contribution in [2.75, 3.05) is 33.2 Å². The van der Waals surface area contributed by atoms with Crippen LogP contribution in [0, 0.1) is 0 Å². The lowest BCUT2D eigenvalue weighted by Gasteiger charge is -2.14. The van der Waals surface area contributed by atoms with Crippen LogP contribution in [-0.4, -0.2) is 42.6 Å². The Bertz CT molecular complexity index is 405. The maximum atomic E-state index is 11.7. The van der Waals surface area contributed by atoms with Gasteiger partial charge in [0, 0.05) is 21.2 Å². The topological polar surface area (TPSA) is 59.4 Å². The third-order valence-corrected chi connectivity index (χ3v) is 2.20. The summed E-state index contributed by atoms with van der Waals surface area (Å²) in [6.45, 7) is 0.807. The summed E-state index contributed by atoms with van der Waals surface area (Å²) in [6.07, 6.45) is 1.51. The van der Waals surface area contributed by atoms with Gasteiger partial charge in [0.1, 0.15) is 5.02 Å². The van der Waals surface area contributed by atoms with E-state index in [1.54, 1.807) is 26.2 Å². The highest BCUT2D eigenvalue weighted by Gasteiger charge is 2.09. The minimum absolute atomic E-state index is 0.125. The summed E-state index contributed by atoms with van der Waals surface area (Å²) in [4.78, 5) is 11.7. The summed E-state index contributed by atoms with van der Waals surface area (Å²) in [5.41, 5.74) is 3.05. The first-order valence-electron chi connectivity index (χ1n) is 4.74. The minimum atomic E-state index is -0.328. The number of ether oxygens (including phenoxy) is 1. The summed E-state index contributed by atoms with van der Waals surface area (Å²) in [6, 6.07) is 0. The van der Waals surface area contributed by atoms with Gasteiger partial charge in [0.05, 0.1) is 25.0 Å². The molecule has 0 bridgehead atoms. The molecular weight excluding hydrogens is 232 g/mol. The van der Waals surface area contributed by atoms with Crippen LogP contribution in [0.3, 0.4) is 0 Å². The van der Waals surface area contributed by atoms with Gasteiger partial charge in [0.15, 0.2) is 0 Å². The Morgan fingerprint density at radius 1 is 1.62 bits per heavy atom. The van der Waals surface area contributed by atoms with Crippen LogP contribution in [-0.2, 0) is 11.3 Å². The number of hydrogen-bond donors (Lipinski definition) is 1. The van der Waals surface area contributed by atoms with Gasteiger partial charge in [-0.15, -0.1) is 0 Å². The monoisotopic (exact) mass is 246 g/mol. The molecule has 0 amide bonds. The number of aromatic nitrogens is 2. The van der Waals surface area contributed by atoms with E-state index in [0.29, 0.717) is 18.8 Å². The van der Waals surface area contributed by atoms with Gasteiger partial charge in [-0.2, -0.15) is 5.10 Å². The Hall–Kier alpha value is -1.11. The van der Waals surface area contributed by atoms with Crippen molar-refractivity contribution in [2.45, 2.75) is 6.54 Å². The molecule has 0 aliphatic rings. The van der Waals surface area contributed by atoms with Crippen molar-refractivity contribution in [1.29, 1.82) is 0 Å².